The maximum Gasteiger partial charge on any atom is 0.236 e. The van der Waals surface area contributed by atoms with Gasteiger partial charge in [-0.2, -0.15) is 4.98 Å². The summed E-state index contributed by atoms with van der Waals surface area (Å²) in [5.41, 5.74) is 2.71. The van der Waals surface area contributed by atoms with Crippen LogP contribution in [0.3, 0.4) is 0 Å². The highest BCUT2D eigenvalue weighted by Crippen LogP contribution is 2.15. The summed E-state index contributed by atoms with van der Waals surface area (Å²) in [4.78, 5) is 30.4. The van der Waals surface area contributed by atoms with E-state index in [0.29, 0.717) is 18.4 Å². The first kappa shape index (κ1) is 21.5. The van der Waals surface area contributed by atoms with Crippen LogP contribution in [0, 0.1) is 6.92 Å². The van der Waals surface area contributed by atoms with E-state index in [1.165, 1.54) is 11.1 Å². The van der Waals surface area contributed by atoms with Gasteiger partial charge in [-0.15, -0.1) is 0 Å². The predicted molar refractivity (Wildman–Crippen MR) is 120 cm³/mol. The zero-order valence-corrected chi connectivity index (χ0v) is 18.5. The number of rotatable bonds is 6. The molecule has 1 aromatic heterocycles. The second-order valence-electron chi connectivity index (χ2n) is 8.25. The Morgan fingerprint density at radius 1 is 0.968 bits per heavy atom. The van der Waals surface area contributed by atoms with E-state index in [2.05, 4.69) is 55.9 Å². The summed E-state index contributed by atoms with van der Waals surface area (Å²) in [6.45, 7) is 10.4. The van der Waals surface area contributed by atoms with Crippen molar-refractivity contribution in [3.8, 4) is 5.88 Å². The van der Waals surface area contributed by atoms with Crippen molar-refractivity contribution in [1.82, 2.24) is 24.7 Å². The Hall–Kier alpha value is -2.71. The molecule has 0 N–H and O–H groups in total. The minimum Gasteiger partial charge on any atom is -0.481 e. The highest BCUT2D eigenvalue weighted by atomic mass is 16.5. The Balaban J connectivity index is 1.20. The Bertz CT molecular complexity index is 876. The van der Waals surface area contributed by atoms with Crippen molar-refractivity contribution < 1.29 is 9.53 Å². The van der Waals surface area contributed by atoms with Gasteiger partial charge in [-0.25, -0.2) is 4.98 Å². The molecule has 4 rings (SSSR count). The van der Waals surface area contributed by atoms with Crippen LogP contribution in [0.5, 0.6) is 5.88 Å². The molecule has 2 aliphatic heterocycles. The van der Waals surface area contributed by atoms with E-state index in [0.717, 1.165) is 58.9 Å². The third kappa shape index (κ3) is 5.51. The van der Waals surface area contributed by atoms with Gasteiger partial charge in [0.05, 0.1) is 13.7 Å². The smallest absolute Gasteiger partial charge is 0.236 e. The van der Waals surface area contributed by atoms with Crippen molar-refractivity contribution in [1.29, 1.82) is 0 Å². The molecule has 166 valence electrons. The molecule has 1 aromatic carbocycles. The van der Waals surface area contributed by atoms with Crippen LogP contribution in [-0.4, -0.2) is 96.6 Å². The monoisotopic (exact) mass is 424 g/mol. The SMILES string of the molecule is COc1ccnc(N2CCN(CC(=O)N3CCN(Cc4ccccc4C)CC3)CC2)n1. The van der Waals surface area contributed by atoms with E-state index < -0.39 is 0 Å². The molecule has 0 bridgehead atoms. The lowest BCUT2D eigenvalue weighted by Gasteiger charge is -2.38. The summed E-state index contributed by atoms with van der Waals surface area (Å²) in [6, 6.07) is 10.3. The van der Waals surface area contributed by atoms with Gasteiger partial charge in [0.1, 0.15) is 0 Å². The molecule has 3 heterocycles. The number of hydrogen-bond donors (Lipinski definition) is 0. The average molecular weight is 425 g/mol. The summed E-state index contributed by atoms with van der Waals surface area (Å²) in [6.07, 6.45) is 1.72. The number of methoxy groups -OCH3 is 1. The van der Waals surface area contributed by atoms with Crippen LogP contribution in [0.15, 0.2) is 36.5 Å². The number of aryl methyl sites for hydroxylation is 1. The van der Waals surface area contributed by atoms with Crippen LogP contribution in [0.4, 0.5) is 5.95 Å². The van der Waals surface area contributed by atoms with Gasteiger partial charge in [0.25, 0.3) is 0 Å². The Labute approximate surface area is 184 Å². The van der Waals surface area contributed by atoms with Crippen LogP contribution in [0.2, 0.25) is 0 Å². The molecule has 0 unspecified atom stereocenters. The highest BCUT2D eigenvalue weighted by molar-refractivity contribution is 5.78. The van der Waals surface area contributed by atoms with E-state index in [1.807, 2.05) is 4.90 Å². The number of anilines is 1. The summed E-state index contributed by atoms with van der Waals surface area (Å²) >= 11 is 0. The van der Waals surface area contributed by atoms with Crippen molar-refractivity contribution in [2.24, 2.45) is 0 Å². The Morgan fingerprint density at radius 2 is 1.68 bits per heavy atom. The third-order valence-electron chi connectivity index (χ3n) is 6.22. The van der Waals surface area contributed by atoms with Gasteiger partial charge in [-0.1, -0.05) is 24.3 Å². The van der Waals surface area contributed by atoms with Crippen LogP contribution >= 0.6 is 0 Å². The van der Waals surface area contributed by atoms with Crippen LogP contribution in [0.1, 0.15) is 11.1 Å². The number of ether oxygens (including phenoxy) is 1. The number of piperazine rings is 2. The van der Waals surface area contributed by atoms with Gasteiger partial charge in [0.15, 0.2) is 0 Å². The summed E-state index contributed by atoms with van der Waals surface area (Å²) in [5, 5.41) is 0. The molecule has 1 amide bonds. The van der Waals surface area contributed by atoms with Gasteiger partial charge in [0.2, 0.25) is 17.7 Å². The topological polar surface area (TPSA) is 65.0 Å². The zero-order valence-electron chi connectivity index (χ0n) is 18.5. The molecular weight excluding hydrogens is 392 g/mol. The van der Waals surface area contributed by atoms with Gasteiger partial charge < -0.3 is 14.5 Å². The van der Waals surface area contributed by atoms with Gasteiger partial charge in [0, 0.05) is 71.2 Å². The molecule has 2 aliphatic rings. The predicted octanol–water partition coefficient (Wildman–Crippen LogP) is 1.26. The molecule has 0 radical (unpaired) electrons. The molecule has 31 heavy (non-hydrogen) atoms. The van der Waals surface area contributed by atoms with Crippen LogP contribution in [-0.2, 0) is 11.3 Å². The number of nitrogens with zero attached hydrogens (tertiary/aromatic N) is 6. The normalized spacial score (nSPS) is 18.3. The van der Waals surface area contributed by atoms with E-state index in [-0.39, 0.29) is 5.91 Å². The van der Waals surface area contributed by atoms with Crippen LogP contribution < -0.4 is 9.64 Å². The molecule has 0 saturated carbocycles. The van der Waals surface area contributed by atoms with E-state index >= 15 is 0 Å². The number of carbonyl (C=O) groups excluding carboxylic acids is 1. The number of hydrogen-bond acceptors (Lipinski definition) is 7. The van der Waals surface area contributed by atoms with Crippen molar-refractivity contribution in [3.05, 3.63) is 47.7 Å². The fraction of sp³-hybridized carbons (Fsp3) is 0.522. The third-order valence-corrected chi connectivity index (χ3v) is 6.22. The van der Waals surface area contributed by atoms with Crippen LogP contribution in [0.25, 0.3) is 0 Å². The molecule has 8 nitrogen and oxygen atoms in total. The van der Waals surface area contributed by atoms with Crippen molar-refractivity contribution in [2.45, 2.75) is 13.5 Å². The van der Waals surface area contributed by atoms with E-state index in [9.17, 15) is 4.79 Å². The molecule has 2 fully saturated rings. The summed E-state index contributed by atoms with van der Waals surface area (Å²) in [7, 11) is 1.61. The molecule has 0 atom stereocenters. The first-order valence-electron chi connectivity index (χ1n) is 11.0. The van der Waals surface area contributed by atoms with Crippen molar-refractivity contribution in [3.63, 3.8) is 0 Å². The van der Waals surface area contributed by atoms with Gasteiger partial charge in [-0.05, 0) is 18.1 Å². The first-order valence-corrected chi connectivity index (χ1v) is 11.0. The summed E-state index contributed by atoms with van der Waals surface area (Å²) in [5.74, 6) is 1.50. The van der Waals surface area contributed by atoms with Crippen molar-refractivity contribution in [2.75, 3.05) is 70.9 Å². The molecule has 8 heteroatoms. The number of amides is 1. The van der Waals surface area contributed by atoms with Crippen molar-refractivity contribution >= 4 is 11.9 Å². The Kier molecular flexibility index (Phi) is 6.99. The fourth-order valence-corrected chi connectivity index (χ4v) is 4.18. The molecule has 2 saturated heterocycles. The highest BCUT2D eigenvalue weighted by Gasteiger charge is 2.25. The Morgan fingerprint density at radius 3 is 2.39 bits per heavy atom. The molecule has 0 spiro atoms. The number of benzene rings is 1. The minimum atomic E-state index is 0.238. The molecular formula is C23H32N6O2. The minimum absolute atomic E-state index is 0.238. The maximum atomic E-state index is 12.8. The standard InChI is InChI=1S/C23H32N6O2/c1-19-5-3-4-6-20(19)17-26-9-13-28(14-10-26)22(30)18-27-11-15-29(16-12-27)23-24-8-7-21(25-23)31-2/h3-8H,9-18H2,1-2H3. The second-order valence-corrected chi connectivity index (χ2v) is 8.25. The fourth-order valence-electron chi connectivity index (χ4n) is 4.18. The lowest BCUT2D eigenvalue weighted by Crippen LogP contribution is -2.53. The average Bonchev–Trinajstić information content (AvgIpc) is 2.81. The number of aromatic nitrogens is 2. The quantitative estimate of drug-likeness (QED) is 0.692. The zero-order chi connectivity index (χ0) is 21.6. The van der Waals surface area contributed by atoms with E-state index in [4.69, 9.17) is 4.74 Å². The largest absolute Gasteiger partial charge is 0.481 e. The van der Waals surface area contributed by atoms with E-state index in [1.54, 1.807) is 19.4 Å². The lowest BCUT2D eigenvalue weighted by atomic mass is 10.1. The molecule has 2 aromatic rings. The maximum absolute atomic E-state index is 12.8. The second kappa shape index (κ2) is 10.1. The number of carbonyl (C=O) groups is 1. The first-order chi connectivity index (χ1) is 15.1. The lowest BCUT2D eigenvalue weighted by molar-refractivity contribution is -0.134. The van der Waals surface area contributed by atoms with Gasteiger partial charge in [-0.3, -0.25) is 14.6 Å². The molecule has 0 aliphatic carbocycles. The summed E-state index contributed by atoms with van der Waals surface area (Å²) < 4.78 is 5.19. The van der Waals surface area contributed by atoms with Gasteiger partial charge >= 0.3 is 0 Å².